The summed E-state index contributed by atoms with van der Waals surface area (Å²) >= 11 is 0. The van der Waals surface area contributed by atoms with Crippen LogP contribution in [0.1, 0.15) is 75.9 Å². The highest BCUT2D eigenvalue weighted by atomic mass is 16.6. The Morgan fingerprint density at radius 1 is 0.778 bits per heavy atom. The second-order valence-corrected chi connectivity index (χ2v) is 12.0. The largest absolute Gasteiger partial charge is 0.489 e. The molecule has 0 spiro atoms. The topological polar surface area (TPSA) is 117 Å². The lowest BCUT2D eigenvalue weighted by atomic mass is 10.2. The number of fused-ring (bicyclic) bond motifs is 1. The Morgan fingerprint density at radius 2 is 1.47 bits per heavy atom. The van der Waals surface area contributed by atoms with Crippen LogP contribution < -0.4 is 15.4 Å². The number of benzene rings is 2. The number of alkyl carbamates (subject to hydrolysis) is 1. The molecule has 0 atom stereocenters. The third-order valence-corrected chi connectivity index (χ3v) is 6.74. The summed E-state index contributed by atoms with van der Waals surface area (Å²) in [6.07, 6.45) is 4.07. The van der Waals surface area contributed by atoms with Crippen LogP contribution in [-0.4, -0.2) is 67.5 Å². The molecular formula is C35H49N3O7. The number of amides is 2. The number of carbonyl (C=O) groups is 3. The molecule has 10 heteroatoms. The van der Waals surface area contributed by atoms with E-state index in [0.29, 0.717) is 64.0 Å². The molecule has 3 rings (SSSR count). The minimum atomic E-state index is -0.500. The first-order valence-electron chi connectivity index (χ1n) is 15.8. The van der Waals surface area contributed by atoms with Crippen molar-refractivity contribution in [1.29, 1.82) is 0 Å². The Hall–Kier alpha value is -3.89. The molecule has 2 aromatic carbocycles. The van der Waals surface area contributed by atoms with Gasteiger partial charge in [0, 0.05) is 37.2 Å². The summed E-state index contributed by atoms with van der Waals surface area (Å²) < 4.78 is 24.1. The predicted octanol–water partition coefficient (Wildman–Crippen LogP) is 6.05. The molecule has 1 aromatic heterocycles. The molecule has 0 fully saturated rings. The molecule has 0 aliphatic rings. The number of unbranched alkanes of at least 4 members (excludes halogenated alkanes) is 3. The Morgan fingerprint density at radius 3 is 2.18 bits per heavy atom. The van der Waals surface area contributed by atoms with Crippen LogP contribution in [-0.2, 0) is 32.2 Å². The summed E-state index contributed by atoms with van der Waals surface area (Å²) in [5.41, 5.74) is 1.86. The van der Waals surface area contributed by atoms with Crippen LogP contribution in [0.2, 0.25) is 0 Å². The molecule has 0 radical (unpaired) electrons. The normalized spacial score (nSPS) is 11.4. The molecule has 2 N–H and O–H groups in total. The molecule has 45 heavy (non-hydrogen) atoms. The number of carbonyl (C=O) groups excluding carboxylic acids is 3. The first-order chi connectivity index (χ1) is 21.6. The highest BCUT2D eigenvalue weighted by Gasteiger charge is 2.17. The van der Waals surface area contributed by atoms with Crippen LogP contribution in [0.4, 0.5) is 4.79 Å². The second-order valence-electron chi connectivity index (χ2n) is 12.0. The summed E-state index contributed by atoms with van der Waals surface area (Å²) in [4.78, 5) is 36.7. The van der Waals surface area contributed by atoms with Crippen LogP contribution in [0.5, 0.6) is 5.75 Å². The van der Waals surface area contributed by atoms with Gasteiger partial charge in [0.1, 0.15) is 29.4 Å². The van der Waals surface area contributed by atoms with Gasteiger partial charge in [-0.05, 0) is 76.8 Å². The zero-order chi connectivity index (χ0) is 32.5. The molecule has 2 amide bonds. The number of ether oxygens (including phenoxy) is 4. The zero-order valence-electron chi connectivity index (χ0n) is 27.2. The molecule has 0 aliphatic heterocycles. The molecule has 0 bridgehead atoms. The fourth-order valence-electron chi connectivity index (χ4n) is 4.64. The van der Waals surface area contributed by atoms with Crippen molar-refractivity contribution >= 4 is 28.7 Å². The van der Waals surface area contributed by atoms with Gasteiger partial charge in [0.15, 0.2) is 0 Å². The molecular weight excluding hydrogens is 574 g/mol. The van der Waals surface area contributed by atoms with Gasteiger partial charge in [-0.1, -0.05) is 43.2 Å². The number of Topliss-reactive ketones (excluding diaryl/α,β-unsaturated/α-hetero) is 1. The van der Waals surface area contributed by atoms with Crippen LogP contribution in [0.15, 0.2) is 54.6 Å². The van der Waals surface area contributed by atoms with Crippen LogP contribution >= 0.6 is 0 Å². The molecule has 0 saturated carbocycles. The van der Waals surface area contributed by atoms with Crippen LogP contribution in [0.25, 0.3) is 10.9 Å². The first kappa shape index (κ1) is 35.6. The van der Waals surface area contributed by atoms with E-state index in [1.54, 1.807) is 4.57 Å². The van der Waals surface area contributed by atoms with E-state index >= 15 is 0 Å². The average Bonchev–Trinajstić information content (AvgIpc) is 3.34. The van der Waals surface area contributed by atoms with Crippen LogP contribution in [0, 0.1) is 0 Å². The van der Waals surface area contributed by atoms with Crippen molar-refractivity contribution in [2.45, 2.75) is 78.6 Å². The minimum Gasteiger partial charge on any atom is -0.489 e. The highest BCUT2D eigenvalue weighted by Crippen LogP contribution is 2.26. The minimum absolute atomic E-state index is 0.0210. The highest BCUT2D eigenvalue weighted by molar-refractivity contribution is 5.99. The number of nitrogens with one attached hydrogen (secondary N) is 2. The third kappa shape index (κ3) is 13.7. The second kappa shape index (κ2) is 18.8. The summed E-state index contributed by atoms with van der Waals surface area (Å²) in [5, 5.41) is 6.57. The van der Waals surface area contributed by atoms with Gasteiger partial charge in [-0.15, -0.1) is 0 Å². The van der Waals surface area contributed by atoms with E-state index in [1.807, 2.05) is 75.4 Å². The molecule has 0 aliphatic carbocycles. The number of hydrogen-bond acceptors (Lipinski definition) is 7. The Labute approximate surface area is 266 Å². The summed E-state index contributed by atoms with van der Waals surface area (Å²) in [5.74, 6) is 0.495. The van der Waals surface area contributed by atoms with Gasteiger partial charge >= 0.3 is 6.09 Å². The third-order valence-electron chi connectivity index (χ3n) is 6.74. The number of rotatable bonds is 20. The molecule has 246 valence electrons. The monoisotopic (exact) mass is 623 g/mol. The smallest absolute Gasteiger partial charge is 0.407 e. The van der Waals surface area contributed by atoms with Gasteiger partial charge in [0.2, 0.25) is 0 Å². The van der Waals surface area contributed by atoms with Crippen molar-refractivity contribution in [2.75, 3.05) is 39.5 Å². The quantitative estimate of drug-likeness (QED) is 0.147. The Kier molecular flexibility index (Phi) is 14.9. The van der Waals surface area contributed by atoms with E-state index in [2.05, 4.69) is 10.6 Å². The standard InChI is InChI=1S/C35H49N3O7/c1-27(39)25-38-31-16-15-30(44-26-28-13-8-7-9-14-28)23-29(31)24-32(38)33(40)36-17-10-5-6-11-19-42-21-22-43-20-12-18-37-34(41)45-35(2,3)4/h7-9,13-16,23-24H,5-6,10-12,17-22,25-26H2,1-4H3,(H,36,40)(H,37,41). The van der Waals surface area contributed by atoms with E-state index in [1.165, 1.54) is 6.92 Å². The number of aromatic nitrogens is 1. The van der Waals surface area contributed by atoms with E-state index in [0.717, 1.165) is 42.1 Å². The molecule has 3 aromatic rings. The number of ketones is 1. The summed E-state index contributed by atoms with van der Waals surface area (Å²) in [6.45, 7) is 10.9. The first-order valence-corrected chi connectivity index (χ1v) is 15.8. The number of hydrogen-bond donors (Lipinski definition) is 2. The molecule has 10 nitrogen and oxygen atoms in total. The van der Waals surface area contributed by atoms with E-state index < -0.39 is 11.7 Å². The fraction of sp³-hybridized carbons (Fsp3) is 0.514. The Balaban J connectivity index is 1.28. The van der Waals surface area contributed by atoms with E-state index in [9.17, 15) is 14.4 Å². The van der Waals surface area contributed by atoms with Gasteiger partial charge in [-0.25, -0.2) is 4.79 Å². The summed E-state index contributed by atoms with van der Waals surface area (Å²) in [6, 6.07) is 17.4. The van der Waals surface area contributed by atoms with Gasteiger partial charge in [-0.2, -0.15) is 0 Å². The van der Waals surface area contributed by atoms with Crippen molar-refractivity contribution < 1.29 is 33.3 Å². The van der Waals surface area contributed by atoms with Crippen molar-refractivity contribution in [2.24, 2.45) is 0 Å². The van der Waals surface area contributed by atoms with Crippen molar-refractivity contribution in [3.8, 4) is 5.75 Å². The average molecular weight is 624 g/mol. The predicted molar refractivity (Wildman–Crippen MR) is 175 cm³/mol. The van der Waals surface area contributed by atoms with Gasteiger partial charge in [0.05, 0.1) is 19.8 Å². The van der Waals surface area contributed by atoms with Crippen molar-refractivity contribution in [3.63, 3.8) is 0 Å². The maximum absolute atomic E-state index is 13.1. The lowest BCUT2D eigenvalue weighted by Crippen LogP contribution is -2.33. The van der Waals surface area contributed by atoms with Gasteiger partial charge < -0.3 is 34.1 Å². The summed E-state index contributed by atoms with van der Waals surface area (Å²) in [7, 11) is 0. The van der Waals surface area contributed by atoms with E-state index in [4.69, 9.17) is 18.9 Å². The van der Waals surface area contributed by atoms with E-state index in [-0.39, 0.29) is 18.2 Å². The zero-order valence-corrected chi connectivity index (χ0v) is 27.2. The van der Waals surface area contributed by atoms with Gasteiger partial charge in [-0.3, -0.25) is 9.59 Å². The lowest BCUT2D eigenvalue weighted by molar-refractivity contribution is -0.117. The van der Waals surface area contributed by atoms with Crippen molar-refractivity contribution in [3.05, 3.63) is 65.9 Å². The van der Waals surface area contributed by atoms with Crippen LogP contribution in [0.3, 0.4) is 0 Å². The fourth-order valence-corrected chi connectivity index (χ4v) is 4.64. The van der Waals surface area contributed by atoms with Crippen molar-refractivity contribution in [1.82, 2.24) is 15.2 Å². The molecule has 0 saturated heterocycles. The molecule has 1 heterocycles. The maximum atomic E-state index is 13.1. The lowest BCUT2D eigenvalue weighted by Gasteiger charge is -2.19. The molecule has 0 unspecified atom stereocenters. The number of nitrogens with zero attached hydrogens (tertiary/aromatic N) is 1. The Bertz CT molecular complexity index is 1350. The van der Waals surface area contributed by atoms with Gasteiger partial charge in [0.25, 0.3) is 5.91 Å². The SMILES string of the molecule is CC(=O)Cn1c(C(=O)NCCCCCCOCCOCCCNC(=O)OC(C)(C)C)cc2cc(OCc3ccccc3)ccc21. The maximum Gasteiger partial charge on any atom is 0.407 e.